The molecule has 0 spiro atoms. The van der Waals surface area contributed by atoms with Crippen molar-refractivity contribution >= 4 is 33.5 Å². The number of benzene rings is 1. The minimum Gasteiger partial charge on any atom is -0.351 e. The third-order valence-electron chi connectivity index (χ3n) is 2.37. The van der Waals surface area contributed by atoms with Crippen molar-refractivity contribution in [2.24, 2.45) is 5.10 Å². The summed E-state index contributed by atoms with van der Waals surface area (Å²) in [6, 6.07) is 7.00. The summed E-state index contributed by atoms with van der Waals surface area (Å²) in [5.74, 6) is -0.438. The molecule has 0 aromatic heterocycles. The standard InChI is InChI=1S/C15H20BrN3O2/c1-10(8-13(20)17-15(2,3)4)18-19-14(21)11-6-5-7-12(16)9-11/h5-7,9H,8H2,1-4H3,(H,17,20)(H,19,21)/b18-10-. The first-order valence-corrected chi connectivity index (χ1v) is 7.37. The van der Waals surface area contributed by atoms with Crippen LogP contribution in [-0.2, 0) is 4.79 Å². The molecular formula is C15H20BrN3O2. The summed E-state index contributed by atoms with van der Waals surface area (Å²) < 4.78 is 0.820. The lowest BCUT2D eigenvalue weighted by molar-refractivity contribution is -0.121. The van der Waals surface area contributed by atoms with Crippen molar-refractivity contribution in [3.05, 3.63) is 34.3 Å². The molecule has 114 valence electrons. The van der Waals surface area contributed by atoms with Crippen molar-refractivity contribution in [1.82, 2.24) is 10.7 Å². The van der Waals surface area contributed by atoms with E-state index in [4.69, 9.17) is 0 Å². The molecule has 0 aliphatic heterocycles. The first-order valence-electron chi connectivity index (χ1n) is 6.57. The van der Waals surface area contributed by atoms with E-state index in [1.807, 2.05) is 26.8 Å². The SMILES string of the molecule is C/C(CC(=O)NC(C)(C)C)=N/NC(=O)c1cccc(Br)c1. The zero-order valence-electron chi connectivity index (χ0n) is 12.7. The van der Waals surface area contributed by atoms with Crippen molar-refractivity contribution < 1.29 is 9.59 Å². The lowest BCUT2D eigenvalue weighted by atomic mass is 10.1. The lowest BCUT2D eigenvalue weighted by Crippen LogP contribution is -2.41. The van der Waals surface area contributed by atoms with Gasteiger partial charge in [-0.3, -0.25) is 9.59 Å². The molecule has 0 heterocycles. The third-order valence-corrected chi connectivity index (χ3v) is 2.86. The van der Waals surface area contributed by atoms with Gasteiger partial charge in [-0.1, -0.05) is 22.0 Å². The van der Waals surface area contributed by atoms with Crippen LogP contribution >= 0.6 is 15.9 Å². The van der Waals surface area contributed by atoms with Gasteiger partial charge >= 0.3 is 0 Å². The highest BCUT2D eigenvalue weighted by Gasteiger charge is 2.14. The van der Waals surface area contributed by atoms with E-state index >= 15 is 0 Å². The van der Waals surface area contributed by atoms with E-state index in [1.54, 1.807) is 25.1 Å². The topological polar surface area (TPSA) is 70.6 Å². The number of rotatable bonds is 4. The number of hydrazone groups is 1. The van der Waals surface area contributed by atoms with Crippen LogP contribution in [0.25, 0.3) is 0 Å². The molecule has 1 rings (SSSR count). The molecule has 6 heteroatoms. The molecule has 1 aromatic rings. The summed E-state index contributed by atoms with van der Waals surface area (Å²) >= 11 is 3.30. The molecule has 0 unspecified atom stereocenters. The van der Waals surface area contributed by atoms with E-state index in [0.29, 0.717) is 11.3 Å². The average molecular weight is 354 g/mol. The molecule has 21 heavy (non-hydrogen) atoms. The fourth-order valence-corrected chi connectivity index (χ4v) is 1.97. The van der Waals surface area contributed by atoms with Crippen LogP contribution in [0.2, 0.25) is 0 Å². The maximum atomic E-state index is 11.9. The van der Waals surface area contributed by atoms with Crippen LogP contribution in [-0.4, -0.2) is 23.1 Å². The van der Waals surface area contributed by atoms with Gasteiger partial charge in [-0.25, -0.2) is 5.43 Å². The third kappa shape index (κ3) is 7.04. The Hall–Kier alpha value is -1.69. The molecule has 0 aliphatic rings. The monoisotopic (exact) mass is 353 g/mol. The number of carbonyl (C=O) groups excluding carboxylic acids is 2. The Bertz CT molecular complexity index is 562. The number of carbonyl (C=O) groups is 2. The maximum absolute atomic E-state index is 11.9. The Balaban J connectivity index is 2.56. The van der Waals surface area contributed by atoms with Crippen LogP contribution < -0.4 is 10.7 Å². The number of halogens is 1. The maximum Gasteiger partial charge on any atom is 0.271 e. The fourth-order valence-electron chi connectivity index (χ4n) is 1.57. The van der Waals surface area contributed by atoms with Gasteiger partial charge in [0, 0.05) is 21.3 Å². The predicted molar refractivity (Wildman–Crippen MR) is 87.2 cm³/mol. The first kappa shape index (κ1) is 17.4. The molecule has 0 saturated carbocycles. The molecule has 0 bridgehead atoms. The quantitative estimate of drug-likeness (QED) is 0.645. The zero-order chi connectivity index (χ0) is 16.0. The van der Waals surface area contributed by atoms with Crippen LogP contribution in [0.1, 0.15) is 44.5 Å². The number of amides is 2. The second kappa shape index (κ2) is 7.36. The van der Waals surface area contributed by atoms with Gasteiger partial charge in [0.1, 0.15) is 0 Å². The molecule has 0 fully saturated rings. The van der Waals surface area contributed by atoms with Crippen molar-refractivity contribution in [3.8, 4) is 0 Å². The van der Waals surface area contributed by atoms with E-state index in [-0.39, 0.29) is 23.8 Å². The van der Waals surface area contributed by atoms with Gasteiger partial charge in [-0.05, 0) is 45.9 Å². The van der Waals surface area contributed by atoms with Crippen LogP contribution in [0, 0.1) is 0 Å². The number of nitrogens with one attached hydrogen (secondary N) is 2. The molecule has 0 saturated heterocycles. The van der Waals surface area contributed by atoms with Gasteiger partial charge < -0.3 is 5.32 Å². The summed E-state index contributed by atoms with van der Waals surface area (Å²) in [5, 5.41) is 6.78. The summed E-state index contributed by atoms with van der Waals surface area (Å²) in [7, 11) is 0. The van der Waals surface area contributed by atoms with Crippen molar-refractivity contribution in [2.75, 3.05) is 0 Å². The minimum absolute atomic E-state index is 0.125. The van der Waals surface area contributed by atoms with Gasteiger partial charge in [0.2, 0.25) is 5.91 Å². The lowest BCUT2D eigenvalue weighted by Gasteiger charge is -2.20. The summed E-state index contributed by atoms with van der Waals surface area (Å²) in [5.41, 5.74) is 3.20. The van der Waals surface area contributed by atoms with Crippen molar-refractivity contribution in [2.45, 2.75) is 39.7 Å². The number of hydrogen-bond acceptors (Lipinski definition) is 3. The predicted octanol–water partition coefficient (Wildman–Crippen LogP) is 2.86. The highest BCUT2D eigenvalue weighted by Crippen LogP contribution is 2.11. The molecule has 0 atom stereocenters. The van der Waals surface area contributed by atoms with Gasteiger partial charge in [0.05, 0.1) is 6.42 Å². The molecule has 0 radical (unpaired) electrons. The van der Waals surface area contributed by atoms with E-state index in [2.05, 4.69) is 31.8 Å². The second-order valence-corrected chi connectivity index (χ2v) is 6.69. The Morgan fingerprint density at radius 2 is 1.95 bits per heavy atom. The molecule has 0 aliphatic carbocycles. The van der Waals surface area contributed by atoms with E-state index in [0.717, 1.165) is 4.47 Å². The van der Waals surface area contributed by atoms with Gasteiger partial charge in [0.25, 0.3) is 5.91 Å². The highest BCUT2D eigenvalue weighted by atomic mass is 79.9. The molecule has 2 amide bonds. The Morgan fingerprint density at radius 1 is 1.29 bits per heavy atom. The van der Waals surface area contributed by atoms with Gasteiger partial charge in [-0.15, -0.1) is 0 Å². The molecule has 1 aromatic carbocycles. The fraction of sp³-hybridized carbons (Fsp3) is 0.400. The number of nitrogens with zero attached hydrogens (tertiary/aromatic N) is 1. The first-order chi connectivity index (χ1) is 9.67. The van der Waals surface area contributed by atoms with Crippen LogP contribution in [0.5, 0.6) is 0 Å². The van der Waals surface area contributed by atoms with E-state index in [9.17, 15) is 9.59 Å². The average Bonchev–Trinajstić information content (AvgIpc) is 2.33. The molecule has 2 N–H and O–H groups in total. The summed E-state index contributed by atoms with van der Waals surface area (Å²) in [6.45, 7) is 7.43. The minimum atomic E-state index is -0.313. The Morgan fingerprint density at radius 3 is 2.52 bits per heavy atom. The van der Waals surface area contributed by atoms with Crippen LogP contribution in [0.4, 0.5) is 0 Å². The summed E-state index contributed by atoms with van der Waals surface area (Å²) in [6.07, 6.45) is 0.149. The molecular weight excluding hydrogens is 334 g/mol. The van der Waals surface area contributed by atoms with Crippen molar-refractivity contribution in [3.63, 3.8) is 0 Å². The zero-order valence-corrected chi connectivity index (χ0v) is 14.2. The summed E-state index contributed by atoms with van der Waals surface area (Å²) in [4.78, 5) is 23.6. The van der Waals surface area contributed by atoms with E-state index in [1.165, 1.54) is 0 Å². The van der Waals surface area contributed by atoms with E-state index < -0.39 is 0 Å². The van der Waals surface area contributed by atoms with Gasteiger partial charge in [-0.2, -0.15) is 5.10 Å². The highest BCUT2D eigenvalue weighted by molar-refractivity contribution is 9.10. The van der Waals surface area contributed by atoms with Crippen LogP contribution in [0.3, 0.4) is 0 Å². The Labute approximate surface area is 133 Å². The Kier molecular flexibility index (Phi) is 6.08. The smallest absolute Gasteiger partial charge is 0.271 e. The van der Waals surface area contributed by atoms with Gasteiger partial charge in [0.15, 0.2) is 0 Å². The number of hydrogen-bond donors (Lipinski definition) is 2. The van der Waals surface area contributed by atoms with Crippen molar-refractivity contribution in [1.29, 1.82) is 0 Å². The second-order valence-electron chi connectivity index (χ2n) is 5.77. The van der Waals surface area contributed by atoms with Crippen LogP contribution in [0.15, 0.2) is 33.8 Å². The largest absolute Gasteiger partial charge is 0.351 e. The normalized spacial score (nSPS) is 12.0. The molecule has 5 nitrogen and oxygen atoms in total.